The fraction of sp³-hybridized carbons (Fsp3) is 0.182. The molecule has 0 atom stereocenters. The molecule has 0 aliphatic carbocycles. The van der Waals surface area contributed by atoms with Crippen LogP contribution >= 0.6 is 11.6 Å². The lowest BCUT2D eigenvalue weighted by molar-refractivity contribution is 0.169. The molecule has 0 radical (unpaired) electrons. The fourth-order valence-corrected chi connectivity index (χ4v) is 1.52. The number of nitrogens with zero attached hydrogens (tertiary/aromatic N) is 2. The van der Waals surface area contributed by atoms with E-state index in [0.29, 0.717) is 16.4 Å². The normalized spacial score (nSPS) is 10.1. The molecule has 0 saturated carbocycles. The van der Waals surface area contributed by atoms with Gasteiger partial charge in [-0.05, 0) is 12.1 Å². The molecule has 0 saturated heterocycles. The van der Waals surface area contributed by atoms with Gasteiger partial charge in [-0.1, -0.05) is 28.9 Å². The molecule has 0 unspecified atom stereocenters. The maximum atomic E-state index is 10.9. The molecule has 0 spiro atoms. The molecule has 0 aliphatic heterocycles. The standard InChI is InChI=1S/C11H10ClN3O3/c1-17-11(16)13-6-9-14-10(15-18-9)7-4-2-3-5-8(7)12/h2-5H,6H2,1H3,(H,13,16). The van der Waals surface area contributed by atoms with E-state index in [4.69, 9.17) is 16.1 Å². The summed E-state index contributed by atoms with van der Waals surface area (Å²) in [6.07, 6.45) is -0.563. The fourth-order valence-electron chi connectivity index (χ4n) is 1.30. The van der Waals surface area contributed by atoms with Crippen molar-refractivity contribution >= 4 is 17.7 Å². The van der Waals surface area contributed by atoms with Crippen LogP contribution in [0, 0.1) is 0 Å². The number of benzene rings is 1. The van der Waals surface area contributed by atoms with E-state index in [-0.39, 0.29) is 12.4 Å². The van der Waals surface area contributed by atoms with Gasteiger partial charge >= 0.3 is 6.09 Å². The number of rotatable bonds is 3. The Morgan fingerprint density at radius 1 is 1.50 bits per heavy atom. The predicted octanol–water partition coefficient (Wildman–Crippen LogP) is 2.25. The van der Waals surface area contributed by atoms with Crippen LogP contribution in [0.25, 0.3) is 11.4 Å². The number of methoxy groups -OCH3 is 1. The molecule has 6 nitrogen and oxygen atoms in total. The van der Waals surface area contributed by atoms with E-state index in [9.17, 15) is 4.79 Å². The first kappa shape index (κ1) is 12.4. The monoisotopic (exact) mass is 267 g/mol. The second-order valence-corrected chi connectivity index (χ2v) is 3.74. The second kappa shape index (κ2) is 5.50. The highest BCUT2D eigenvalue weighted by molar-refractivity contribution is 6.33. The third kappa shape index (κ3) is 2.78. The van der Waals surface area contributed by atoms with Crippen LogP contribution in [0.3, 0.4) is 0 Å². The molecule has 94 valence electrons. The molecule has 1 N–H and O–H groups in total. The Balaban J connectivity index is 2.11. The van der Waals surface area contributed by atoms with Crippen molar-refractivity contribution in [2.75, 3.05) is 7.11 Å². The van der Waals surface area contributed by atoms with Gasteiger partial charge in [0.25, 0.3) is 0 Å². The van der Waals surface area contributed by atoms with Crippen molar-refractivity contribution in [3.8, 4) is 11.4 Å². The Kier molecular flexibility index (Phi) is 3.78. The summed E-state index contributed by atoms with van der Waals surface area (Å²) in [5.41, 5.74) is 0.673. The number of hydrogen-bond donors (Lipinski definition) is 1. The van der Waals surface area contributed by atoms with Gasteiger partial charge in [-0.3, -0.25) is 0 Å². The lowest BCUT2D eigenvalue weighted by atomic mass is 10.2. The molecule has 0 aliphatic rings. The molecular weight excluding hydrogens is 258 g/mol. The summed E-state index contributed by atoms with van der Waals surface area (Å²) in [5.74, 6) is 0.651. The number of carbonyl (C=O) groups excluding carboxylic acids is 1. The Morgan fingerprint density at radius 3 is 3.00 bits per heavy atom. The molecule has 1 amide bonds. The van der Waals surface area contributed by atoms with Gasteiger partial charge in [0.1, 0.15) is 6.54 Å². The number of carbonyl (C=O) groups is 1. The molecule has 7 heteroatoms. The van der Waals surface area contributed by atoms with Crippen molar-refractivity contribution < 1.29 is 14.1 Å². The average molecular weight is 268 g/mol. The number of hydrogen-bond acceptors (Lipinski definition) is 5. The smallest absolute Gasteiger partial charge is 0.407 e. The van der Waals surface area contributed by atoms with Crippen molar-refractivity contribution in [3.05, 3.63) is 35.2 Å². The summed E-state index contributed by atoms with van der Waals surface area (Å²) >= 11 is 6.01. The molecular formula is C11H10ClN3O3. The Morgan fingerprint density at radius 2 is 2.28 bits per heavy atom. The lowest BCUT2D eigenvalue weighted by Crippen LogP contribution is -2.22. The predicted molar refractivity (Wildman–Crippen MR) is 64.0 cm³/mol. The van der Waals surface area contributed by atoms with Crippen molar-refractivity contribution in [1.29, 1.82) is 0 Å². The Labute approximate surface area is 108 Å². The second-order valence-electron chi connectivity index (χ2n) is 3.34. The zero-order valence-electron chi connectivity index (χ0n) is 9.51. The number of amides is 1. The van der Waals surface area contributed by atoms with Crippen molar-refractivity contribution in [2.45, 2.75) is 6.54 Å². The van der Waals surface area contributed by atoms with Gasteiger partial charge in [0, 0.05) is 5.56 Å². The van der Waals surface area contributed by atoms with Crippen LogP contribution in [-0.2, 0) is 11.3 Å². The zero-order valence-corrected chi connectivity index (χ0v) is 10.3. The van der Waals surface area contributed by atoms with Gasteiger partial charge in [-0.2, -0.15) is 4.98 Å². The summed E-state index contributed by atoms with van der Waals surface area (Å²) in [6.45, 7) is 0.101. The largest absolute Gasteiger partial charge is 0.453 e. The summed E-state index contributed by atoms with van der Waals surface area (Å²) in [4.78, 5) is 15.0. The number of ether oxygens (including phenoxy) is 1. The SMILES string of the molecule is COC(=O)NCc1nc(-c2ccccc2Cl)no1. The van der Waals surface area contributed by atoms with Crippen LogP contribution in [0.5, 0.6) is 0 Å². The van der Waals surface area contributed by atoms with Crippen molar-refractivity contribution in [2.24, 2.45) is 0 Å². The number of aromatic nitrogens is 2. The quantitative estimate of drug-likeness (QED) is 0.923. The first-order valence-electron chi connectivity index (χ1n) is 5.10. The van der Waals surface area contributed by atoms with Gasteiger partial charge < -0.3 is 14.6 Å². The summed E-state index contributed by atoms with van der Waals surface area (Å²) in [5, 5.41) is 6.76. The third-order valence-electron chi connectivity index (χ3n) is 2.15. The minimum absolute atomic E-state index is 0.101. The molecule has 1 heterocycles. The van der Waals surface area contributed by atoms with Crippen LogP contribution in [0.2, 0.25) is 5.02 Å². The van der Waals surface area contributed by atoms with Crippen LogP contribution in [0.15, 0.2) is 28.8 Å². The van der Waals surface area contributed by atoms with Crippen LogP contribution in [0.4, 0.5) is 4.79 Å². The van der Waals surface area contributed by atoms with Crippen molar-refractivity contribution in [3.63, 3.8) is 0 Å². The lowest BCUT2D eigenvalue weighted by Gasteiger charge is -1.98. The van der Waals surface area contributed by atoms with Gasteiger partial charge in [-0.15, -0.1) is 0 Å². The Bertz CT molecular complexity index is 556. The van der Waals surface area contributed by atoms with Crippen LogP contribution in [0.1, 0.15) is 5.89 Å². The molecule has 1 aromatic heterocycles. The summed E-state index contributed by atoms with van der Waals surface area (Å²) in [6, 6.07) is 7.15. The highest BCUT2D eigenvalue weighted by atomic mass is 35.5. The van der Waals surface area contributed by atoms with E-state index < -0.39 is 6.09 Å². The minimum Gasteiger partial charge on any atom is -0.453 e. The highest BCUT2D eigenvalue weighted by Gasteiger charge is 2.11. The number of halogens is 1. The first-order chi connectivity index (χ1) is 8.70. The maximum Gasteiger partial charge on any atom is 0.407 e. The maximum absolute atomic E-state index is 10.9. The van der Waals surface area contributed by atoms with E-state index >= 15 is 0 Å². The van der Waals surface area contributed by atoms with Crippen LogP contribution < -0.4 is 5.32 Å². The highest BCUT2D eigenvalue weighted by Crippen LogP contribution is 2.24. The zero-order chi connectivity index (χ0) is 13.0. The molecule has 2 rings (SSSR count). The van der Waals surface area contributed by atoms with E-state index in [1.165, 1.54) is 7.11 Å². The van der Waals surface area contributed by atoms with Gasteiger partial charge in [0.15, 0.2) is 0 Å². The van der Waals surface area contributed by atoms with E-state index in [0.717, 1.165) is 0 Å². The Hall–Kier alpha value is -2.08. The van der Waals surface area contributed by atoms with Gasteiger partial charge in [-0.25, -0.2) is 4.79 Å². The molecule has 2 aromatic rings. The summed E-state index contributed by atoms with van der Waals surface area (Å²) < 4.78 is 9.40. The third-order valence-corrected chi connectivity index (χ3v) is 2.48. The minimum atomic E-state index is -0.563. The van der Waals surface area contributed by atoms with E-state index in [2.05, 4.69) is 20.2 Å². The molecule has 0 bridgehead atoms. The van der Waals surface area contributed by atoms with Crippen LogP contribution in [-0.4, -0.2) is 23.3 Å². The molecule has 1 aromatic carbocycles. The topological polar surface area (TPSA) is 77.2 Å². The summed E-state index contributed by atoms with van der Waals surface area (Å²) in [7, 11) is 1.28. The van der Waals surface area contributed by atoms with Gasteiger partial charge in [0.05, 0.1) is 12.1 Å². The van der Waals surface area contributed by atoms with E-state index in [1.807, 2.05) is 12.1 Å². The van der Waals surface area contributed by atoms with Gasteiger partial charge in [0.2, 0.25) is 11.7 Å². The number of nitrogens with one attached hydrogen (secondary N) is 1. The molecule has 18 heavy (non-hydrogen) atoms. The molecule has 0 fully saturated rings. The van der Waals surface area contributed by atoms with E-state index in [1.54, 1.807) is 12.1 Å². The average Bonchev–Trinajstić information content (AvgIpc) is 2.85. The number of alkyl carbamates (subject to hydrolysis) is 1. The van der Waals surface area contributed by atoms with Crippen molar-refractivity contribution in [1.82, 2.24) is 15.5 Å². The first-order valence-corrected chi connectivity index (χ1v) is 5.48.